The maximum Gasteiger partial charge on any atom is 0.511 e. The van der Waals surface area contributed by atoms with Crippen LogP contribution in [-0.4, -0.2) is 109 Å². The lowest BCUT2D eigenvalue weighted by molar-refractivity contribution is -0.00457. The predicted molar refractivity (Wildman–Crippen MR) is 145 cm³/mol. The Morgan fingerprint density at radius 2 is 1.88 bits per heavy atom. The van der Waals surface area contributed by atoms with Crippen LogP contribution in [0.15, 0.2) is 29.2 Å². The molecule has 43 heavy (non-hydrogen) atoms. The van der Waals surface area contributed by atoms with E-state index in [1.54, 1.807) is 6.92 Å². The largest absolute Gasteiger partial charge is 0.511 e. The predicted octanol–water partition coefficient (Wildman–Crippen LogP) is 0.994. The molecule has 232 valence electrons. The van der Waals surface area contributed by atoms with Gasteiger partial charge >= 0.3 is 6.16 Å². The van der Waals surface area contributed by atoms with E-state index in [9.17, 15) is 28.0 Å². The van der Waals surface area contributed by atoms with E-state index in [-0.39, 0.29) is 43.6 Å². The first-order valence-corrected chi connectivity index (χ1v) is 13.9. The Morgan fingerprint density at radius 3 is 2.63 bits per heavy atom. The fourth-order valence-corrected chi connectivity index (χ4v) is 5.20. The molecule has 15 heteroatoms. The number of fused-ring (bicyclic) bond motifs is 2. The maximum atomic E-state index is 14.1. The summed E-state index contributed by atoms with van der Waals surface area (Å²) in [7, 11) is 2.04. The number of rotatable bonds is 9. The van der Waals surface area contributed by atoms with Crippen molar-refractivity contribution < 1.29 is 42.1 Å². The van der Waals surface area contributed by atoms with E-state index < -0.39 is 59.4 Å². The van der Waals surface area contributed by atoms with Gasteiger partial charge in [-0.15, -0.1) is 0 Å². The van der Waals surface area contributed by atoms with Crippen LogP contribution in [0.3, 0.4) is 0 Å². The van der Waals surface area contributed by atoms with Crippen molar-refractivity contribution in [3.63, 3.8) is 0 Å². The number of amides is 2. The third-order valence-corrected chi connectivity index (χ3v) is 7.65. The molecular weight excluding hydrogens is 572 g/mol. The molecule has 5 rings (SSSR count). The van der Waals surface area contributed by atoms with E-state index in [4.69, 9.17) is 18.9 Å². The molecule has 2 aromatic rings. The molecule has 0 radical (unpaired) electrons. The zero-order chi connectivity index (χ0) is 30.7. The van der Waals surface area contributed by atoms with E-state index in [1.807, 2.05) is 7.05 Å². The number of carbonyl (C=O) groups is 3. The lowest BCUT2D eigenvalue weighted by Gasteiger charge is -2.34. The molecule has 1 aromatic carbocycles. The summed E-state index contributed by atoms with van der Waals surface area (Å²) in [6, 6.07) is 2.63. The molecule has 2 fully saturated rings. The van der Waals surface area contributed by atoms with Gasteiger partial charge in [0.25, 0.3) is 11.8 Å². The number of nitrogens with zero attached hydrogens (tertiary/aromatic N) is 4. The molecule has 2 saturated heterocycles. The first kappa shape index (κ1) is 30.4. The highest BCUT2D eigenvalue weighted by molar-refractivity contribution is 5.99. The standard InChI is InChI=1S/C28H33F2N5O8/c1-17-15-41-22-14-34-13-20(26(37)31-12-18-3-4-19(29)11-21(18)30)24(36)25(23(34)27(38)35(17)22)42-16-43-28(39)40-10-9-33-7-5-32(2)6-8-33/h3-4,11,13,17,22H,5-10,12,14-16H2,1-2H3,(H,31,37). The lowest BCUT2D eigenvalue weighted by Crippen LogP contribution is -2.49. The maximum absolute atomic E-state index is 14.1. The topological polar surface area (TPSA) is 132 Å². The van der Waals surface area contributed by atoms with Gasteiger partial charge in [-0.05, 0) is 20.0 Å². The van der Waals surface area contributed by atoms with Crippen LogP contribution >= 0.6 is 0 Å². The molecule has 4 heterocycles. The van der Waals surface area contributed by atoms with Crippen molar-refractivity contribution in [1.29, 1.82) is 0 Å². The molecule has 3 aliphatic heterocycles. The highest BCUT2D eigenvalue weighted by atomic mass is 19.1. The van der Waals surface area contributed by atoms with Crippen LogP contribution in [-0.2, 0) is 27.3 Å². The van der Waals surface area contributed by atoms with Crippen LogP contribution in [0.2, 0.25) is 0 Å². The van der Waals surface area contributed by atoms with Crippen molar-refractivity contribution in [2.24, 2.45) is 0 Å². The SMILES string of the molecule is CC1COC2Cn3cc(C(=O)NCc4ccc(F)cc4F)c(=O)c(OCOC(=O)OCCN4CCN(C)CC4)c3C(=O)N12. The number of halogens is 2. The molecule has 3 aliphatic rings. The summed E-state index contributed by atoms with van der Waals surface area (Å²) in [4.78, 5) is 57.9. The Labute approximate surface area is 245 Å². The summed E-state index contributed by atoms with van der Waals surface area (Å²) >= 11 is 0. The molecule has 0 spiro atoms. The second kappa shape index (κ2) is 13.1. The minimum atomic E-state index is -1.02. The van der Waals surface area contributed by atoms with Gasteiger partial charge in [0.05, 0.1) is 19.2 Å². The van der Waals surface area contributed by atoms with Crippen molar-refractivity contribution in [3.8, 4) is 5.75 Å². The van der Waals surface area contributed by atoms with E-state index in [0.717, 1.165) is 32.2 Å². The summed E-state index contributed by atoms with van der Waals surface area (Å²) in [5.41, 5.74) is -1.46. The van der Waals surface area contributed by atoms with Crippen LogP contribution in [0.1, 0.15) is 33.3 Å². The Kier molecular flexibility index (Phi) is 9.22. The van der Waals surface area contributed by atoms with Crippen molar-refractivity contribution >= 4 is 18.0 Å². The fraction of sp³-hybridized carbons (Fsp3) is 0.500. The van der Waals surface area contributed by atoms with Gasteiger partial charge in [-0.1, -0.05) is 6.07 Å². The van der Waals surface area contributed by atoms with Gasteiger partial charge in [0.2, 0.25) is 18.0 Å². The molecule has 1 aromatic heterocycles. The van der Waals surface area contributed by atoms with Crippen LogP contribution in [0, 0.1) is 11.6 Å². The van der Waals surface area contributed by atoms with E-state index in [1.165, 1.54) is 21.7 Å². The molecule has 1 N–H and O–H groups in total. The van der Waals surface area contributed by atoms with Crippen LogP contribution in [0.25, 0.3) is 0 Å². The Bertz CT molecular complexity index is 1440. The number of ether oxygens (including phenoxy) is 4. The molecule has 13 nitrogen and oxygen atoms in total. The zero-order valence-electron chi connectivity index (χ0n) is 23.8. The Balaban J connectivity index is 1.29. The van der Waals surface area contributed by atoms with E-state index >= 15 is 0 Å². The Morgan fingerprint density at radius 1 is 1.12 bits per heavy atom. The lowest BCUT2D eigenvalue weighted by atomic mass is 10.1. The molecule has 0 bridgehead atoms. The summed E-state index contributed by atoms with van der Waals surface area (Å²) < 4.78 is 50.0. The number of aromatic nitrogens is 1. The highest BCUT2D eigenvalue weighted by Crippen LogP contribution is 2.30. The van der Waals surface area contributed by atoms with Crippen LogP contribution in [0.5, 0.6) is 5.75 Å². The van der Waals surface area contributed by atoms with Gasteiger partial charge in [0.1, 0.15) is 23.8 Å². The van der Waals surface area contributed by atoms with Gasteiger partial charge in [0, 0.05) is 57.1 Å². The van der Waals surface area contributed by atoms with Gasteiger partial charge in [-0.2, -0.15) is 0 Å². The second-order valence-corrected chi connectivity index (χ2v) is 10.6. The normalized spacial score (nSPS) is 20.4. The number of likely N-dealkylation sites (N-methyl/N-ethyl adjacent to an activating group) is 1. The minimum Gasteiger partial charge on any atom is -0.451 e. The summed E-state index contributed by atoms with van der Waals surface area (Å²) in [6.45, 7) is 5.25. The summed E-state index contributed by atoms with van der Waals surface area (Å²) in [5.74, 6) is -3.56. The fourth-order valence-electron chi connectivity index (χ4n) is 5.20. The third-order valence-electron chi connectivity index (χ3n) is 7.65. The molecule has 0 saturated carbocycles. The van der Waals surface area contributed by atoms with Gasteiger partial charge in [0.15, 0.2) is 11.9 Å². The minimum absolute atomic E-state index is 0.00276. The number of carbonyl (C=O) groups excluding carboxylic acids is 3. The monoisotopic (exact) mass is 605 g/mol. The quantitative estimate of drug-likeness (QED) is 0.326. The molecule has 2 atom stereocenters. The van der Waals surface area contributed by atoms with Gasteiger partial charge in [-0.25, -0.2) is 13.6 Å². The smallest absolute Gasteiger partial charge is 0.451 e. The zero-order valence-corrected chi connectivity index (χ0v) is 23.8. The first-order chi connectivity index (χ1) is 20.6. The van der Waals surface area contributed by atoms with E-state index in [2.05, 4.69) is 15.1 Å². The first-order valence-electron chi connectivity index (χ1n) is 13.9. The van der Waals surface area contributed by atoms with Crippen LogP contribution < -0.4 is 15.5 Å². The second-order valence-electron chi connectivity index (χ2n) is 10.6. The van der Waals surface area contributed by atoms with Crippen LogP contribution in [0.4, 0.5) is 13.6 Å². The number of pyridine rings is 1. The number of benzene rings is 1. The number of nitrogens with one attached hydrogen (secondary N) is 1. The molecule has 0 aliphatic carbocycles. The number of hydrogen-bond donors (Lipinski definition) is 1. The molecule has 2 unspecified atom stereocenters. The highest BCUT2D eigenvalue weighted by Gasteiger charge is 2.43. The summed E-state index contributed by atoms with van der Waals surface area (Å²) in [5, 5.41) is 2.43. The summed E-state index contributed by atoms with van der Waals surface area (Å²) in [6.07, 6.45) is -0.442. The van der Waals surface area contributed by atoms with Crippen molar-refractivity contribution in [2.75, 3.05) is 59.8 Å². The van der Waals surface area contributed by atoms with Gasteiger partial charge in [-0.3, -0.25) is 19.3 Å². The number of piperazine rings is 1. The number of hydrogen-bond acceptors (Lipinski definition) is 10. The van der Waals surface area contributed by atoms with Gasteiger partial charge < -0.3 is 38.6 Å². The van der Waals surface area contributed by atoms with E-state index in [0.29, 0.717) is 12.6 Å². The van der Waals surface area contributed by atoms with Crippen molar-refractivity contribution in [1.82, 2.24) is 24.6 Å². The van der Waals surface area contributed by atoms with Crippen molar-refractivity contribution in [2.45, 2.75) is 32.3 Å². The Hall–Kier alpha value is -4.08. The molecular formula is C28H33F2N5O8. The average Bonchev–Trinajstić information content (AvgIpc) is 3.35. The molecule has 2 amide bonds. The third kappa shape index (κ3) is 6.78. The van der Waals surface area contributed by atoms with Crippen molar-refractivity contribution in [3.05, 3.63) is 63.1 Å². The average molecular weight is 606 g/mol.